The number of rotatable bonds is 5. The van der Waals surface area contributed by atoms with Crippen LogP contribution in [0.2, 0.25) is 0 Å². The SMILES string of the molecule is CCOC(=O)C(C)Oc1ccc2c(c1)OC(=Cc1ccccc1Br)C2=O. The molecule has 0 radical (unpaired) electrons. The Bertz CT molecular complexity index is 888. The summed E-state index contributed by atoms with van der Waals surface area (Å²) in [6.45, 7) is 3.63. The lowest BCUT2D eigenvalue weighted by Crippen LogP contribution is -2.26. The lowest BCUT2D eigenvalue weighted by molar-refractivity contribution is -0.150. The van der Waals surface area contributed by atoms with Crippen LogP contribution >= 0.6 is 15.9 Å². The molecule has 1 heterocycles. The summed E-state index contributed by atoms with van der Waals surface area (Å²) in [5.74, 6) is 0.434. The van der Waals surface area contributed by atoms with E-state index in [9.17, 15) is 9.59 Å². The van der Waals surface area contributed by atoms with Crippen LogP contribution in [0.3, 0.4) is 0 Å². The van der Waals surface area contributed by atoms with Crippen molar-refractivity contribution in [2.24, 2.45) is 0 Å². The number of fused-ring (bicyclic) bond motifs is 1. The van der Waals surface area contributed by atoms with Gasteiger partial charge >= 0.3 is 5.97 Å². The van der Waals surface area contributed by atoms with E-state index >= 15 is 0 Å². The number of allylic oxidation sites excluding steroid dienone is 1. The van der Waals surface area contributed by atoms with Crippen molar-refractivity contribution in [2.45, 2.75) is 20.0 Å². The van der Waals surface area contributed by atoms with Crippen LogP contribution in [0.4, 0.5) is 0 Å². The van der Waals surface area contributed by atoms with Crippen LogP contribution in [0.15, 0.2) is 52.7 Å². The molecule has 0 aliphatic carbocycles. The second-order valence-electron chi connectivity index (χ2n) is 5.63. The molecule has 0 amide bonds. The molecule has 1 aliphatic rings. The molecular formula is C20H17BrO5. The van der Waals surface area contributed by atoms with Crippen LogP contribution in [0, 0.1) is 0 Å². The molecule has 0 saturated heterocycles. The Morgan fingerprint density at radius 3 is 2.77 bits per heavy atom. The second kappa shape index (κ2) is 7.74. The molecule has 134 valence electrons. The Morgan fingerprint density at radius 1 is 1.27 bits per heavy atom. The fourth-order valence-corrected chi connectivity index (χ4v) is 2.89. The maximum Gasteiger partial charge on any atom is 0.347 e. The summed E-state index contributed by atoms with van der Waals surface area (Å²) in [6.07, 6.45) is 0.939. The molecule has 26 heavy (non-hydrogen) atoms. The topological polar surface area (TPSA) is 61.8 Å². The molecular weight excluding hydrogens is 400 g/mol. The minimum atomic E-state index is -0.750. The highest BCUT2D eigenvalue weighted by Gasteiger charge is 2.28. The van der Waals surface area contributed by atoms with E-state index in [0.717, 1.165) is 10.0 Å². The monoisotopic (exact) mass is 416 g/mol. The van der Waals surface area contributed by atoms with Crippen molar-refractivity contribution in [1.82, 2.24) is 0 Å². The zero-order valence-corrected chi connectivity index (χ0v) is 15.9. The predicted molar refractivity (Wildman–Crippen MR) is 100 cm³/mol. The maximum atomic E-state index is 12.5. The number of esters is 1. The molecule has 6 heteroatoms. The van der Waals surface area contributed by atoms with E-state index < -0.39 is 12.1 Å². The second-order valence-corrected chi connectivity index (χ2v) is 6.49. The van der Waals surface area contributed by atoms with Gasteiger partial charge in [-0.3, -0.25) is 4.79 Å². The van der Waals surface area contributed by atoms with Crippen LogP contribution in [0.5, 0.6) is 11.5 Å². The standard InChI is InChI=1S/C20H17BrO5/c1-3-24-20(23)12(2)25-14-8-9-15-17(11-14)26-18(19(15)22)10-13-6-4-5-7-16(13)21/h4-12H,3H2,1-2H3. The maximum absolute atomic E-state index is 12.5. The molecule has 0 aromatic heterocycles. The molecule has 1 atom stereocenters. The molecule has 0 bridgehead atoms. The van der Waals surface area contributed by atoms with Crippen LogP contribution in [0.1, 0.15) is 29.8 Å². The molecule has 0 fully saturated rings. The number of ketones is 1. The van der Waals surface area contributed by atoms with Crippen LogP contribution in [-0.2, 0) is 9.53 Å². The Hall–Kier alpha value is -2.60. The largest absolute Gasteiger partial charge is 0.479 e. The number of carbonyl (C=O) groups is 2. The highest BCUT2D eigenvalue weighted by Crippen LogP contribution is 2.35. The van der Waals surface area contributed by atoms with Gasteiger partial charge in [-0.05, 0) is 43.7 Å². The van der Waals surface area contributed by atoms with Crippen molar-refractivity contribution in [3.05, 3.63) is 63.8 Å². The Labute approximate surface area is 159 Å². The number of Topliss-reactive ketones (excluding diaryl/α,β-unsaturated/α-hetero) is 1. The zero-order valence-electron chi connectivity index (χ0n) is 14.3. The normalized spacial score (nSPS) is 15.3. The Balaban J connectivity index is 1.80. The molecule has 0 saturated carbocycles. The van der Waals surface area contributed by atoms with Gasteiger partial charge in [-0.15, -0.1) is 0 Å². The summed E-state index contributed by atoms with van der Waals surface area (Å²) in [6, 6.07) is 12.4. The molecule has 3 rings (SSSR count). The molecule has 1 unspecified atom stereocenters. The van der Waals surface area contributed by atoms with Gasteiger partial charge in [0.05, 0.1) is 12.2 Å². The van der Waals surface area contributed by atoms with Crippen molar-refractivity contribution in [3.8, 4) is 11.5 Å². The van der Waals surface area contributed by atoms with E-state index in [1.165, 1.54) is 0 Å². The van der Waals surface area contributed by atoms with Crippen molar-refractivity contribution in [3.63, 3.8) is 0 Å². The molecule has 5 nitrogen and oxygen atoms in total. The molecule has 2 aromatic rings. The summed E-state index contributed by atoms with van der Waals surface area (Å²) in [4.78, 5) is 24.2. The molecule has 2 aromatic carbocycles. The van der Waals surface area contributed by atoms with Gasteiger partial charge in [0.2, 0.25) is 5.78 Å². The zero-order chi connectivity index (χ0) is 18.7. The van der Waals surface area contributed by atoms with Crippen LogP contribution in [0.25, 0.3) is 6.08 Å². The number of hydrogen-bond acceptors (Lipinski definition) is 5. The van der Waals surface area contributed by atoms with Gasteiger partial charge in [0.1, 0.15) is 11.5 Å². The van der Waals surface area contributed by atoms with Gasteiger partial charge in [0.25, 0.3) is 0 Å². The highest BCUT2D eigenvalue weighted by molar-refractivity contribution is 9.10. The van der Waals surface area contributed by atoms with E-state index in [4.69, 9.17) is 14.2 Å². The summed E-state index contributed by atoms with van der Waals surface area (Å²) in [7, 11) is 0. The van der Waals surface area contributed by atoms with E-state index in [0.29, 0.717) is 17.1 Å². The van der Waals surface area contributed by atoms with Gasteiger partial charge < -0.3 is 14.2 Å². The number of ether oxygens (including phenoxy) is 3. The summed E-state index contributed by atoms with van der Waals surface area (Å²) in [5.41, 5.74) is 1.30. The predicted octanol–water partition coefficient (Wildman–Crippen LogP) is 4.40. The van der Waals surface area contributed by atoms with Gasteiger partial charge in [-0.2, -0.15) is 0 Å². The first kappa shape index (κ1) is 18.2. The lowest BCUT2D eigenvalue weighted by atomic mass is 10.1. The minimum absolute atomic E-state index is 0.194. The van der Waals surface area contributed by atoms with E-state index in [1.807, 2.05) is 24.3 Å². The number of hydrogen-bond donors (Lipinski definition) is 0. The van der Waals surface area contributed by atoms with E-state index in [-0.39, 0.29) is 18.1 Å². The molecule has 1 aliphatic heterocycles. The van der Waals surface area contributed by atoms with Crippen molar-refractivity contribution < 1.29 is 23.8 Å². The van der Waals surface area contributed by atoms with Crippen molar-refractivity contribution in [2.75, 3.05) is 6.61 Å². The first-order chi connectivity index (χ1) is 12.5. The number of halogens is 1. The smallest absolute Gasteiger partial charge is 0.347 e. The summed E-state index contributed by atoms with van der Waals surface area (Å²) < 4.78 is 17.1. The Morgan fingerprint density at radius 2 is 2.04 bits per heavy atom. The fraction of sp³-hybridized carbons (Fsp3) is 0.200. The quantitative estimate of drug-likeness (QED) is 0.533. The highest BCUT2D eigenvalue weighted by atomic mass is 79.9. The molecule has 0 N–H and O–H groups in total. The summed E-state index contributed by atoms with van der Waals surface area (Å²) in [5, 5.41) is 0. The first-order valence-electron chi connectivity index (χ1n) is 8.15. The van der Waals surface area contributed by atoms with Gasteiger partial charge in [0, 0.05) is 10.5 Å². The van der Waals surface area contributed by atoms with Crippen LogP contribution in [-0.4, -0.2) is 24.5 Å². The number of benzene rings is 2. The average molecular weight is 417 g/mol. The van der Waals surface area contributed by atoms with Crippen molar-refractivity contribution >= 4 is 33.8 Å². The molecule has 0 spiro atoms. The van der Waals surface area contributed by atoms with Gasteiger partial charge in [-0.1, -0.05) is 34.1 Å². The third-order valence-electron chi connectivity index (χ3n) is 3.76. The van der Waals surface area contributed by atoms with E-state index in [2.05, 4.69) is 15.9 Å². The van der Waals surface area contributed by atoms with Gasteiger partial charge in [-0.25, -0.2) is 4.79 Å². The lowest BCUT2D eigenvalue weighted by Gasteiger charge is -2.13. The summed E-state index contributed by atoms with van der Waals surface area (Å²) >= 11 is 3.45. The third kappa shape index (κ3) is 3.80. The Kier molecular flexibility index (Phi) is 5.42. The van der Waals surface area contributed by atoms with Gasteiger partial charge in [0.15, 0.2) is 11.9 Å². The third-order valence-corrected chi connectivity index (χ3v) is 4.49. The number of carbonyl (C=O) groups excluding carboxylic acids is 2. The van der Waals surface area contributed by atoms with E-state index in [1.54, 1.807) is 38.1 Å². The van der Waals surface area contributed by atoms with Crippen LogP contribution < -0.4 is 9.47 Å². The minimum Gasteiger partial charge on any atom is -0.479 e. The first-order valence-corrected chi connectivity index (χ1v) is 8.95. The fourth-order valence-electron chi connectivity index (χ4n) is 2.49. The average Bonchev–Trinajstić information content (AvgIpc) is 2.92. The van der Waals surface area contributed by atoms with Crippen molar-refractivity contribution in [1.29, 1.82) is 0 Å².